The standard InChI is InChI=1S/C10H13NO3S/c1-10(2-3-14-6-10)7-5-11-8(15-7)4-9(12)13/h5H,2-4,6H2,1H3,(H,12,13). The lowest BCUT2D eigenvalue weighted by atomic mass is 9.89. The number of carboxylic acids is 1. The van der Waals surface area contributed by atoms with Crippen LogP contribution in [0.1, 0.15) is 23.2 Å². The Labute approximate surface area is 91.9 Å². The van der Waals surface area contributed by atoms with Gasteiger partial charge in [0.05, 0.1) is 13.0 Å². The van der Waals surface area contributed by atoms with Gasteiger partial charge in [0, 0.05) is 23.1 Å². The van der Waals surface area contributed by atoms with Gasteiger partial charge in [-0.3, -0.25) is 4.79 Å². The first kappa shape index (κ1) is 10.6. The van der Waals surface area contributed by atoms with Crippen molar-refractivity contribution in [1.82, 2.24) is 4.98 Å². The SMILES string of the molecule is CC1(c2cnc(CC(=O)O)s2)CCOC1. The van der Waals surface area contributed by atoms with E-state index in [2.05, 4.69) is 11.9 Å². The van der Waals surface area contributed by atoms with Gasteiger partial charge in [-0.25, -0.2) is 4.98 Å². The van der Waals surface area contributed by atoms with E-state index < -0.39 is 5.97 Å². The minimum Gasteiger partial charge on any atom is -0.481 e. The molecule has 0 aromatic carbocycles. The number of hydrogen-bond acceptors (Lipinski definition) is 4. The highest BCUT2D eigenvalue weighted by Gasteiger charge is 2.33. The van der Waals surface area contributed by atoms with Crippen LogP contribution in [0.4, 0.5) is 0 Å². The highest BCUT2D eigenvalue weighted by molar-refractivity contribution is 7.11. The largest absolute Gasteiger partial charge is 0.481 e. The van der Waals surface area contributed by atoms with Gasteiger partial charge in [0.15, 0.2) is 0 Å². The Bertz CT molecular complexity index is 368. The van der Waals surface area contributed by atoms with Crippen LogP contribution in [0.15, 0.2) is 6.20 Å². The highest BCUT2D eigenvalue weighted by Crippen LogP contribution is 2.35. The maximum atomic E-state index is 10.5. The molecular formula is C10H13NO3S. The number of rotatable bonds is 3. The van der Waals surface area contributed by atoms with Crippen LogP contribution >= 0.6 is 11.3 Å². The number of aliphatic carboxylic acids is 1. The predicted octanol–water partition coefficient (Wildman–Crippen LogP) is 1.45. The van der Waals surface area contributed by atoms with E-state index in [1.807, 2.05) is 0 Å². The fourth-order valence-electron chi connectivity index (χ4n) is 1.66. The zero-order valence-electron chi connectivity index (χ0n) is 8.52. The van der Waals surface area contributed by atoms with Crippen LogP contribution in [0.5, 0.6) is 0 Å². The summed E-state index contributed by atoms with van der Waals surface area (Å²) in [6.07, 6.45) is 2.79. The molecule has 0 aliphatic carbocycles. The minimum absolute atomic E-state index is 0.0155. The van der Waals surface area contributed by atoms with E-state index >= 15 is 0 Å². The van der Waals surface area contributed by atoms with Crippen LogP contribution in [-0.2, 0) is 21.4 Å². The molecule has 1 atom stereocenters. The topological polar surface area (TPSA) is 59.4 Å². The van der Waals surface area contributed by atoms with E-state index in [1.54, 1.807) is 6.20 Å². The predicted molar refractivity (Wildman–Crippen MR) is 56.2 cm³/mol. The summed E-state index contributed by atoms with van der Waals surface area (Å²) in [5, 5.41) is 9.32. The third-order valence-electron chi connectivity index (χ3n) is 2.67. The number of aromatic nitrogens is 1. The molecule has 1 aromatic heterocycles. The van der Waals surface area contributed by atoms with Crippen molar-refractivity contribution < 1.29 is 14.6 Å². The molecule has 0 bridgehead atoms. The maximum absolute atomic E-state index is 10.5. The quantitative estimate of drug-likeness (QED) is 0.849. The summed E-state index contributed by atoms with van der Waals surface area (Å²) in [5.74, 6) is -0.830. The zero-order valence-corrected chi connectivity index (χ0v) is 9.34. The molecule has 2 rings (SSSR count). The second-order valence-electron chi connectivity index (χ2n) is 4.05. The van der Waals surface area contributed by atoms with Crippen molar-refractivity contribution in [2.45, 2.75) is 25.2 Å². The van der Waals surface area contributed by atoms with Gasteiger partial charge in [-0.15, -0.1) is 11.3 Å². The van der Waals surface area contributed by atoms with Crippen molar-refractivity contribution in [3.05, 3.63) is 16.1 Å². The Morgan fingerprint density at radius 3 is 3.20 bits per heavy atom. The molecule has 1 aromatic rings. The Kier molecular flexibility index (Phi) is 2.75. The molecule has 2 heterocycles. The van der Waals surface area contributed by atoms with Crippen molar-refractivity contribution in [3.8, 4) is 0 Å². The van der Waals surface area contributed by atoms with Crippen molar-refractivity contribution in [1.29, 1.82) is 0 Å². The zero-order chi connectivity index (χ0) is 10.9. The molecule has 0 radical (unpaired) electrons. The van der Waals surface area contributed by atoms with Crippen molar-refractivity contribution >= 4 is 17.3 Å². The van der Waals surface area contributed by atoms with Crippen molar-refractivity contribution in [3.63, 3.8) is 0 Å². The summed E-state index contributed by atoms with van der Waals surface area (Å²) in [5.41, 5.74) is 0.0361. The molecule has 0 amide bonds. The minimum atomic E-state index is -0.830. The molecule has 15 heavy (non-hydrogen) atoms. The van der Waals surface area contributed by atoms with E-state index in [9.17, 15) is 4.79 Å². The van der Waals surface area contributed by atoms with E-state index in [0.717, 1.165) is 17.9 Å². The lowest BCUT2D eigenvalue weighted by molar-refractivity contribution is -0.136. The van der Waals surface area contributed by atoms with Gasteiger partial charge >= 0.3 is 5.97 Å². The average Bonchev–Trinajstić information content (AvgIpc) is 2.74. The summed E-state index contributed by atoms with van der Waals surface area (Å²) >= 11 is 1.49. The number of nitrogens with zero attached hydrogens (tertiary/aromatic N) is 1. The van der Waals surface area contributed by atoms with Crippen LogP contribution in [0, 0.1) is 0 Å². The number of hydrogen-bond donors (Lipinski definition) is 1. The van der Waals surface area contributed by atoms with Crippen LogP contribution in [0.3, 0.4) is 0 Å². The third kappa shape index (κ3) is 2.18. The Morgan fingerprint density at radius 1 is 1.80 bits per heavy atom. The second kappa shape index (κ2) is 3.90. The third-order valence-corrected chi connectivity index (χ3v) is 3.97. The summed E-state index contributed by atoms with van der Waals surface area (Å²) in [6, 6.07) is 0. The Hall–Kier alpha value is -0.940. The fraction of sp³-hybridized carbons (Fsp3) is 0.600. The number of carbonyl (C=O) groups is 1. The maximum Gasteiger partial charge on any atom is 0.310 e. The average molecular weight is 227 g/mol. The molecule has 1 aliphatic heterocycles. The van der Waals surface area contributed by atoms with Gasteiger partial charge in [0.1, 0.15) is 5.01 Å². The Balaban J connectivity index is 2.15. The summed E-state index contributed by atoms with van der Waals surface area (Å²) in [6.45, 7) is 3.63. The van der Waals surface area contributed by atoms with Crippen LogP contribution < -0.4 is 0 Å². The number of ether oxygens (including phenoxy) is 1. The highest BCUT2D eigenvalue weighted by atomic mass is 32.1. The summed E-state index contributed by atoms with van der Waals surface area (Å²) < 4.78 is 5.37. The van der Waals surface area contributed by atoms with Gasteiger partial charge in [-0.05, 0) is 6.42 Å². The van der Waals surface area contributed by atoms with Crippen LogP contribution in [-0.4, -0.2) is 29.3 Å². The molecule has 5 heteroatoms. The van der Waals surface area contributed by atoms with Crippen LogP contribution in [0.2, 0.25) is 0 Å². The second-order valence-corrected chi connectivity index (χ2v) is 5.17. The molecule has 1 saturated heterocycles. The number of thiazole rings is 1. The van der Waals surface area contributed by atoms with E-state index in [4.69, 9.17) is 9.84 Å². The van der Waals surface area contributed by atoms with Gasteiger partial charge in [-0.2, -0.15) is 0 Å². The first-order valence-corrected chi connectivity index (χ1v) is 5.66. The van der Waals surface area contributed by atoms with E-state index in [-0.39, 0.29) is 11.8 Å². The van der Waals surface area contributed by atoms with E-state index in [1.165, 1.54) is 11.3 Å². The van der Waals surface area contributed by atoms with Gasteiger partial charge in [-0.1, -0.05) is 6.92 Å². The van der Waals surface area contributed by atoms with Gasteiger partial charge in [0.25, 0.3) is 0 Å². The van der Waals surface area contributed by atoms with Gasteiger partial charge < -0.3 is 9.84 Å². The Morgan fingerprint density at radius 2 is 2.60 bits per heavy atom. The molecule has 1 N–H and O–H groups in total. The molecule has 1 aliphatic rings. The molecular weight excluding hydrogens is 214 g/mol. The molecule has 4 nitrogen and oxygen atoms in total. The lowest BCUT2D eigenvalue weighted by Gasteiger charge is -2.18. The first-order chi connectivity index (χ1) is 7.10. The van der Waals surface area contributed by atoms with E-state index in [0.29, 0.717) is 11.6 Å². The molecule has 1 fully saturated rings. The summed E-state index contributed by atoms with van der Waals surface area (Å²) in [7, 11) is 0. The lowest BCUT2D eigenvalue weighted by Crippen LogP contribution is -2.19. The molecule has 82 valence electrons. The normalized spacial score (nSPS) is 25.7. The van der Waals surface area contributed by atoms with Crippen molar-refractivity contribution in [2.24, 2.45) is 0 Å². The monoisotopic (exact) mass is 227 g/mol. The van der Waals surface area contributed by atoms with Crippen LogP contribution in [0.25, 0.3) is 0 Å². The number of carboxylic acid groups (broad SMARTS) is 1. The first-order valence-electron chi connectivity index (χ1n) is 4.85. The molecule has 0 saturated carbocycles. The van der Waals surface area contributed by atoms with Crippen molar-refractivity contribution in [2.75, 3.05) is 13.2 Å². The molecule has 1 unspecified atom stereocenters. The summed E-state index contributed by atoms with van der Waals surface area (Å²) in [4.78, 5) is 15.8. The van der Waals surface area contributed by atoms with Gasteiger partial charge in [0.2, 0.25) is 0 Å². The molecule has 0 spiro atoms. The fourth-order valence-corrected chi connectivity index (χ4v) is 2.73. The smallest absolute Gasteiger partial charge is 0.310 e.